The molecule has 0 radical (unpaired) electrons. The van der Waals surface area contributed by atoms with Crippen LogP contribution in [0.3, 0.4) is 0 Å². The molecule has 2 nitrogen and oxygen atoms in total. The molecule has 1 aliphatic carbocycles. The molecule has 0 saturated carbocycles. The van der Waals surface area contributed by atoms with Crippen LogP contribution in [-0.2, 0) is 13.0 Å². The minimum Gasteiger partial charge on any atom is -0.489 e. The molecule has 0 bridgehead atoms. The second-order valence-electron chi connectivity index (χ2n) is 4.94. The second-order valence-corrected chi connectivity index (χ2v) is 5.35. The quantitative estimate of drug-likeness (QED) is 0.925. The molecule has 3 rings (SSSR count). The molecular formula is C16H14ClFO2. The van der Waals surface area contributed by atoms with E-state index in [-0.39, 0.29) is 18.5 Å². The summed E-state index contributed by atoms with van der Waals surface area (Å²) < 4.78 is 18.8. The Hall–Kier alpha value is -1.58. The summed E-state index contributed by atoms with van der Waals surface area (Å²) in [6, 6.07) is 9.85. The number of ether oxygens (including phenoxy) is 1. The minimum atomic E-state index is -0.364. The summed E-state index contributed by atoms with van der Waals surface area (Å²) in [5, 5.41) is 10.2. The molecule has 0 saturated heterocycles. The van der Waals surface area contributed by atoms with Crippen LogP contribution in [0.25, 0.3) is 0 Å². The number of rotatable bonds is 3. The number of aliphatic hydroxyl groups excluding tert-OH is 1. The Kier molecular flexibility index (Phi) is 3.64. The Balaban J connectivity index is 1.74. The highest BCUT2D eigenvalue weighted by Gasteiger charge is 2.20. The summed E-state index contributed by atoms with van der Waals surface area (Å²) in [5.41, 5.74) is 2.70. The largest absolute Gasteiger partial charge is 0.489 e. The van der Waals surface area contributed by atoms with E-state index in [4.69, 9.17) is 16.3 Å². The Labute approximate surface area is 121 Å². The number of hydrogen-bond donors (Lipinski definition) is 1. The van der Waals surface area contributed by atoms with Gasteiger partial charge in [-0.1, -0.05) is 17.7 Å². The SMILES string of the molecule is O[C@H]1CCc2cc(OCc3cc(F)ccc3Cl)ccc21. The Morgan fingerprint density at radius 2 is 2.10 bits per heavy atom. The van der Waals surface area contributed by atoms with Crippen LogP contribution >= 0.6 is 11.6 Å². The zero-order valence-corrected chi connectivity index (χ0v) is 11.5. The molecule has 20 heavy (non-hydrogen) atoms. The maximum atomic E-state index is 13.2. The Morgan fingerprint density at radius 1 is 1.25 bits per heavy atom. The van der Waals surface area contributed by atoms with Crippen molar-refractivity contribution < 1.29 is 14.2 Å². The fourth-order valence-electron chi connectivity index (χ4n) is 2.48. The van der Waals surface area contributed by atoms with Gasteiger partial charge in [0.15, 0.2) is 0 Å². The number of hydrogen-bond acceptors (Lipinski definition) is 2. The van der Waals surface area contributed by atoms with Crippen molar-refractivity contribution in [2.24, 2.45) is 0 Å². The van der Waals surface area contributed by atoms with Crippen LogP contribution in [0, 0.1) is 5.82 Å². The van der Waals surface area contributed by atoms with Crippen LogP contribution in [0.4, 0.5) is 4.39 Å². The van der Waals surface area contributed by atoms with E-state index in [1.54, 1.807) is 0 Å². The average molecular weight is 293 g/mol. The predicted molar refractivity (Wildman–Crippen MR) is 75.5 cm³/mol. The van der Waals surface area contributed by atoms with Crippen LogP contribution < -0.4 is 4.74 Å². The maximum Gasteiger partial charge on any atom is 0.123 e. The predicted octanol–water partition coefficient (Wildman–Crippen LogP) is 4.04. The summed E-state index contributed by atoms with van der Waals surface area (Å²) in [4.78, 5) is 0. The minimum absolute atomic E-state index is 0.220. The topological polar surface area (TPSA) is 29.5 Å². The average Bonchev–Trinajstić information content (AvgIpc) is 2.81. The van der Waals surface area contributed by atoms with Crippen molar-refractivity contribution in [3.8, 4) is 5.75 Å². The van der Waals surface area contributed by atoms with Gasteiger partial charge >= 0.3 is 0 Å². The first-order chi connectivity index (χ1) is 9.63. The van der Waals surface area contributed by atoms with Crippen LogP contribution in [0.15, 0.2) is 36.4 Å². The van der Waals surface area contributed by atoms with Crippen molar-refractivity contribution >= 4 is 11.6 Å². The summed E-state index contributed by atoms with van der Waals surface area (Å²) in [5.74, 6) is 0.378. The first-order valence-corrected chi connectivity index (χ1v) is 6.89. The number of halogens is 2. The normalized spacial score (nSPS) is 17.1. The summed E-state index contributed by atoms with van der Waals surface area (Å²) in [7, 11) is 0. The molecule has 1 atom stereocenters. The molecule has 0 aromatic heterocycles. The highest BCUT2D eigenvalue weighted by Crippen LogP contribution is 2.33. The zero-order chi connectivity index (χ0) is 14.1. The van der Waals surface area contributed by atoms with E-state index in [1.807, 2.05) is 18.2 Å². The lowest BCUT2D eigenvalue weighted by Gasteiger charge is -2.10. The van der Waals surface area contributed by atoms with Gasteiger partial charge in [0.05, 0.1) is 6.10 Å². The maximum absolute atomic E-state index is 13.2. The third kappa shape index (κ3) is 2.65. The molecule has 2 aromatic carbocycles. The first kappa shape index (κ1) is 13.4. The molecular weight excluding hydrogens is 279 g/mol. The molecule has 0 fully saturated rings. The van der Waals surface area contributed by atoms with Gasteiger partial charge in [0, 0.05) is 10.6 Å². The van der Waals surface area contributed by atoms with Gasteiger partial charge in [0.2, 0.25) is 0 Å². The van der Waals surface area contributed by atoms with E-state index < -0.39 is 0 Å². The van der Waals surface area contributed by atoms with Gasteiger partial charge in [-0.15, -0.1) is 0 Å². The van der Waals surface area contributed by atoms with Crippen molar-refractivity contribution in [3.05, 3.63) is 63.9 Å². The third-order valence-corrected chi connectivity index (χ3v) is 3.93. The van der Waals surface area contributed by atoms with Crippen molar-refractivity contribution in [1.29, 1.82) is 0 Å². The van der Waals surface area contributed by atoms with Gasteiger partial charge in [0.25, 0.3) is 0 Å². The fourth-order valence-corrected chi connectivity index (χ4v) is 2.65. The lowest BCUT2D eigenvalue weighted by atomic mass is 10.1. The van der Waals surface area contributed by atoms with Gasteiger partial charge in [0.1, 0.15) is 18.2 Å². The van der Waals surface area contributed by atoms with E-state index in [0.717, 1.165) is 24.0 Å². The molecule has 0 spiro atoms. The van der Waals surface area contributed by atoms with Crippen molar-refractivity contribution in [2.45, 2.75) is 25.6 Å². The highest BCUT2D eigenvalue weighted by molar-refractivity contribution is 6.31. The van der Waals surface area contributed by atoms with E-state index in [0.29, 0.717) is 16.3 Å². The van der Waals surface area contributed by atoms with Crippen molar-refractivity contribution in [3.63, 3.8) is 0 Å². The summed E-state index contributed by atoms with van der Waals surface area (Å²) >= 11 is 6.00. The zero-order valence-electron chi connectivity index (χ0n) is 10.8. The van der Waals surface area contributed by atoms with E-state index >= 15 is 0 Å². The number of benzene rings is 2. The Morgan fingerprint density at radius 3 is 2.95 bits per heavy atom. The third-order valence-electron chi connectivity index (χ3n) is 3.56. The molecule has 1 N–H and O–H groups in total. The number of aryl methyl sites for hydroxylation is 1. The van der Waals surface area contributed by atoms with Crippen LogP contribution in [-0.4, -0.2) is 5.11 Å². The molecule has 0 unspecified atom stereocenters. The fraction of sp³-hybridized carbons (Fsp3) is 0.250. The lowest BCUT2D eigenvalue weighted by molar-refractivity contribution is 0.180. The summed E-state index contributed by atoms with van der Waals surface area (Å²) in [6.07, 6.45) is 1.25. The molecule has 0 amide bonds. The molecule has 0 aliphatic heterocycles. The van der Waals surface area contributed by atoms with E-state index in [1.165, 1.54) is 18.2 Å². The standard InChI is InChI=1S/C16H14ClFO2/c17-15-5-2-12(18)7-11(15)9-20-13-3-4-14-10(8-13)1-6-16(14)19/h2-5,7-8,16,19H,1,6,9H2/t16-/m0/s1. The van der Waals surface area contributed by atoms with Gasteiger partial charge in [-0.2, -0.15) is 0 Å². The second kappa shape index (κ2) is 5.43. The van der Waals surface area contributed by atoms with E-state index in [9.17, 15) is 9.50 Å². The smallest absolute Gasteiger partial charge is 0.123 e. The molecule has 0 heterocycles. The highest BCUT2D eigenvalue weighted by atomic mass is 35.5. The van der Waals surface area contributed by atoms with Gasteiger partial charge in [-0.3, -0.25) is 0 Å². The molecule has 2 aromatic rings. The van der Waals surface area contributed by atoms with Gasteiger partial charge in [-0.05, 0) is 54.3 Å². The van der Waals surface area contributed by atoms with Crippen molar-refractivity contribution in [2.75, 3.05) is 0 Å². The Bertz CT molecular complexity index is 642. The van der Waals surface area contributed by atoms with Crippen LogP contribution in [0.1, 0.15) is 29.2 Å². The molecule has 104 valence electrons. The molecule has 1 aliphatic rings. The monoisotopic (exact) mass is 292 g/mol. The lowest BCUT2D eigenvalue weighted by Crippen LogP contribution is -1.98. The van der Waals surface area contributed by atoms with E-state index in [2.05, 4.69) is 0 Å². The van der Waals surface area contributed by atoms with Crippen LogP contribution in [0.5, 0.6) is 5.75 Å². The van der Waals surface area contributed by atoms with Gasteiger partial charge < -0.3 is 9.84 Å². The molecule has 4 heteroatoms. The summed E-state index contributed by atoms with van der Waals surface area (Å²) in [6.45, 7) is 0.220. The number of fused-ring (bicyclic) bond motifs is 1. The van der Waals surface area contributed by atoms with Crippen LogP contribution in [0.2, 0.25) is 5.02 Å². The number of aliphatic hydroxyl groups is 1. The van der Waals surface area contributed by atoms with Gasteiger partial charge in [-0.25, -0.2) is 4.39 Å². The first-order valence-electron chi connectivity index (χ1n) is 6.51. The van der Waals surface area contributed by atoms with Crippen molar-refractivity contribution in [1.82, 2.24) is 0 Å².